The Hall–Kier alpha value is 0.137. The fraction of sp³-hybridized carbons (Fsp3) is 1.00. The molecule has 13 heavy (non-hydrogen) atoms. The standard InChI is InChI=1S/C10H26N2Si/c1-8-11-13(9(2)3,10(4)5)12(6)7/h9-11H,8H2,1-7H3. The Balaban J connectivity index is 4.82. The van der Waals surface area contributed by atoms with Crippen LogP contribution in [-0.4, -0.2) is 33.6 Å². The van der Waals surface area contributed by atoms with Gasteiger partial charge in [-0.3, -0.25) is 0 Å². The highest BCUT2D eigenvalue weighted by atomic mass is 28.3. The van der Waals surface area contributed by atoms with Gasteiger partial charge >= 0.3 is 0 Å². The normalized spacial score (nSPS) is 13.4. The fourth-order valence-corrected chi connectivity index (χ4v) is 7.65. The monoisotopic (exact) mass is 202 g/mol. The van der Waals surface area contributed by atoms with Crippen LogP contribution in [0.25, 0.3) is 0 Å². The quantitative estimate of drug-likeness (QED) is 0.689. The molecule has 0 aliphatic carbocycles. The van der Waals surface area contributed by atoms with Crippen LogP contribution in [0, 0.1) is 0 Å². The molecule has 0 bridgehead atoms. The molecule has 0 aliphatic heterocycles. The minimum atomic E-state index is -1.44. The first kappa shape index (κ1) is 13.1. The largest absolute Gasteiger partial charge is 0.325 e. The Morgan fingerprint density at radius 3 is 1.54 bits per heavy atom. The predicted molar refractivity (Wildman–Crippen MR) is 63.3 cm³/mol. The molecule has 0 unspecified atom stereocenters. The fourth-order valence-electron chi connectivity index (χ4n) is 2.55. The second-order valence-corrected chi connectivity index (χ2v) is 9.77. The molecule has 0 radical (unpaired) electrons. The van der Waals surface area contributed by atoms with E-state index in [0.29, 0.717) is 0 Å². The summed E-state index contributed by atoms with van der Waals surface area (Å²) in [6.45, 7) is 12.7. The van der Waals surface area contributed by atoms with Crippen molar-refractivity contribution in [1.82, 2.24) is 9.55 Å². The zero-order chi connectivity index (χ0) is 10.6. The van der Waals surface area contributed by atoms with Crippen molar-refractivity contribution in [3.8, 4) is 0 Å². The van der Waals surface area contributed by atoms with Gasteiger partial charge in [0.05, 0.1) is 0 Å². The van der Waals surface area contributed by atoms with Crippen molar-refractivity contribution in [3.63, 3.8) is 0 Å². The number of nitrogens with zero attached hydrogens (tertiary/aromatic N) is 1. The van der Waals surface area contributed by atoms with Crippen molar-refractivity contribution in [2.45, 2.75) is 45.7 Å². The summed E-state index contributed by atoms with van der Waals surface area (Å²) in [4.78, 5) is 3.76. The van der Waals surface area contributed by atoms with Gasteiger partial charge in [-0.2, -0.15) is 0 Å². The third kappa shape index (κ3) is 2.54. The molecule has 0 saturated heterocycles. The molecule has 2 nitrogen and oxygen atoms in total. The minimum Gasteiger partial charge on any atom is -0.325 e. The van der Waals surface area contributed by atoms with Gasteiger partial charge in [-0.25, -0.2) is 0 Å². The van der Waals surface area contributed by atoms with Crippen LogP contribution in [0.15, 0.2) is 0 Å². The molecule has 0 aliphatic rings. The van der Waals surface area contributed by atoms with Gasteiger partial charge in [0.2, 0.25) is 8.40 Å². The first-order chi connectivity index (χ1) is 5.89. The lowest BCUT2D eigenvalue weighted by Gasteiger charge is -2.44. The smallest absolute Gasteiger partial charge is 0.208 e. The lowest BCUT2D eigenvalue weighted by Crippen LogP contribution is -2.65. The van der Waals surface area contributed by atoms with E-state index in [1.807, 2.05) is 0 Å². The van der Waals surface area contributed by atoms with Gasteiger partial charge < -0.3 is 9.55 Å². The van der Waals surface area contributed by atoms with E-state index < -0.39 is 8.40 Å². The van der Waals surface area contributed by atoms with E-state index in [9.17, 15) is 0 Å². The van der Waals surface area contributed by atoms with E-state index in [1.54, 1.807) is 0 Å². The van der Waals surface area contributed by atoms with Crippen molar-refractivity contribution in [2.24, 2.45) is 0 Å². The van der Waals surface area contributed by atoms with Crippen LogP contribution in [-0.2, 0) is 0 Å². The van der Waals surface area contributed by atoms with Crippen LogP contribution in [0.5, 0.6) is 0 Å². The third-order valence-corrected chi connectivity index (χ3v) is 8.88. The molecule has 0 aromatic rings. The zero-order valence-corrected chi connectivity index (χ0v) is 11.3. The number of hydrogen-bond acceptors (Lipinski definition) is 2. The molecule has 0 aromatic carbocycles. The van der Waals surface area contributed by atoms with Gasteiger partial charge in [-0.05, 0) is 31.7 Å². The number of rotatable bonds is 5. The molecular weight excluding hydrogens is 176 g/mol. The summed E-state index contributed by atoms with van der Waals surface area (Å²) in [5.41, 5.74) is 1.50. The van der Waals surface area contributed by atoms with Crippen molar-refractivity contribution >= 4 is 8.40 Å². The van der Waals surface area contributed by atoms with E-state index in [1.165, 1.54) is 0 Å². The molecule has 80 valence electrons. The van der Waals surface area contributed by atoms with Crippen molar-refractivity contribution in [3.05, 3.63) is 0 Å². The van der Waals surface area contributed by atoms with E-state index in [4.69, 9.17) is 0 Å². The predicted octanol–water partition coefficient (Wildman–Crippen LogP) is 2.42. The Kier molecular flexibility index (Phi) is 5.18. The van der Waals surface area contributed by atoms with Crippen LogP contribution >= 0.6 is 0 Å². The molecule has 0 spiro atoms. The Labute approximate surface area is 84.9 Å². The Bertz CT molecular complexity index is 122. The molecule has 3 heteroatoms. The second-order valence-electron chi connectivity index (χ2n) is 4.56. The Morgan fingerprint density at radius 1 is 1.08 bits per heavy atom. The summed E-state index contributed by atoms with van der Waals surface area (Å²) in [6.07, 6.45) is 0. The topological polar surface area (TPSA) is 15.3 Å². The van der Waals surface area contributed by atoms with Gasteiger partial charge in [0, 0.05) is 0 Å². The molecule has 0 fully saturated rings. The van der Waals surface area contributed by atoms with E-state index in [-0.39, 0.29) is 0 Å². The highest BCUT2D eigenvalue weighted by Crippen LogP contribution is 2.30. The summed E-state index contributed by atoms with van der Waals surface area (Å²) in [7, 11) is 2.99. The van der Waals surface area contributed by atoms with Crippen LogP contribution in [0.2, 0.25) is 11.1 Å². The van der Waals surface area contributed by atoms with E-state index in [0.717, 1.165) is 17.6 Å². The van der Waals surface area contributed by atoms with Crippen LogP contribution in [0.4, 0.5) is 0 Å². The summed E-state index contributed by atoms with van der Waals surface area (Å²) in [5, 5.41) is 0. The lowest BCUT2D eigenvalue weighted by atomic mass is 10.5. The van der Waals surface area contributed by atoms with E-state index in [2.05, 4.69) is 58.3 Å². The molecule has 0 saturated carbocycles. The van der Waals surface area contributed by atoms with Gasteiger partial charge in [-0.1, -0.05) is 34.6 Å². The molecule has 1 N–H and O–H groups in total. The van der Waals surface area contributed by atoms with E-state index >= 15 is 0 Å². The molecular formula is C10H26N2Si. The Morgan fingerprint density at radius 2 is 1.46 bits per heavy atom. The summed E-state index contributed by atoms with van der Waals surface area (Å²) in [6, 6.07) is 0. The molecule has 0 rings (SSSR count). The molecule has 0 heterocycles. The average molecular weight is 202 g/mol. The van der Waals surface area contributed by atoms with Gasteiger partial charge in [-0.15, -0.1) is 0 Å². The first-order valence-electron chi connectivity index (χ1n) is 5.32. The van der Waals surface area contributed by atoms with Gasteiger partial charge in [0.1, 0.15) is 0 Å². The van der Waals surface area contributed by atoms with Crippen LogP contribution in [0.3, 0.4) is 0 Å². The maximum Gasteiger partial charge on any atom is 0.208 e. The summed E-state index contributed by atoms with van der Waals surface area (Å²) < 4.78 is 2.45. The summed E-state index contributed by atoms with van der Waals surface area (Å²) >= 11 is 0. The van der Waals surface area contributed by atoms with Crippen molar-refractivity contribution in [2.75, 3.05) is 20.6 Å². The highest BCUT2D eigenvalue weighted by Gasteiger charge is 2.42. The third-order valence-electron chi connectivity index (χ3n) is 2.96. The van der Waals surface area contributed by atoms with Gasteiger partial charge in [0.25, 0.3) is 0 Å². The van der Waals surface area contributed by atoms with Gasteiger partial charge in [0.15, 0.2) is 0 Å². The zero-order valence-electron chi connectivity index (χ0n) is 10.3. The minimum absolute atomic E-state index is 0.752. The second kappa shape index (κ2) is 5.13. The number of nitrogens with one attached hydrogen (secondary N) is 1. The number of hydrogen-bond donors (Lipinski definition) is 1. The SMILES string of the molecule is CCN[Si](C(C)C)(C(C)C)N(C)C. The first-order valence-corrected chi connectivity index (χ1v) is 7.42. The molecule has 0 amide bonds. The lowest BCUT2D eigenvalue weighted by molar-refractivity contribution is 0.538. The van der Waals surface area contributed by atoms with Crippen molar-refractivity contribution in [1.29, 1.82) is 0 Å². The maximum absolute atomic E-state index is 3.76. The molecule has 0 atom stereocenters. The maximum atomic E-state index is 3.76. The summed E-state index contributed by atoms with van der Waals surface area (Å²) in [5.74, 6) is 0. The van der Waals surface area contributed by atoms with Crippen molar-refractivity contribution < 1.29 is 0 Å². The highest BCUT2D eigenvalue weighted by molar-refractivity contribution is 6.77. The average Bonchev–Trinajstić information content (AvgIpc) is 1.97. The van der Waals surface area contributed by atoms with Crippen LogP contribution < -0.4 is 4.98 Å². The van der Waals surface area contributed by atoms with Crippen LogP contribution in [0.1, 0.15) is 34.6 Å². The molecule has 0 aromatic heterocycles.